The van der Waals surface area contributed by atoms with Gasteiger partial charge in [0.2, 0.25) is 11.9 Å². The summed E-state index contributed by atoms with van der Waals surface area (Å²) >= 11 is 0. The minimum atomic E-state index is -4.28. The highest BCUT2D eigenvalue weighted by molar-refractivity contribution is 7.52. The van der Waals surface area contributed by atoms with Crippen molar-refractivity contribution in [3.63, 3.8) is 0 Å². The molecule has 0 spiro atoms. The molecular weight excluding hydrogens is 1120 g/mol. The van der Waals surface area contributed by atoms with Crippen LogP contribution in [0.5, 0.6) is 11.5 Å². The Hall–Kier alpha value is -6.72. The normalized spacial score (nSPS) is 24.4. The third-order valence-corrected chi connectivity index (χ3v) is 15.4. The summed E-state index contributed by atoms with van der Waals surface area (Å²) in [5.41, 5.74) is 7.89. The number of nitrogen functional groups attached to an aromatic ring is 2. The molecule has 28 nitrogen and oxygen atoms in total. The molecule has 12 atom stereocenters. The molecule has 10 N–H and O–H groups in total. The molecule has 452 valence electrons. The van der Waals surface area contributed by atoms with E-state index in [2.05, 4.69) is 50.7 Å². The molecule has 0 radical (unpaired) electrons. The van der Waals surface area contributed by atoms with E-state index in [4.69, 9.17) is 48.5 Å². The number of anilines is 4. The van der Waals surface area contributed by atoms with Gasteiger partial charge >= 0.3 is 27.4 Å². The number of nitrogens with two attached hydrogens (primary N) is 2. The molecule has 4 aromatic heterocycles. The van der Waals surface area contributed by atoms with Crippen LogP contribution in [0.2, 0.25) is 0 Å². The van der Waals surface area contributed by atoms with E-state index in [0.29, 0.717) is 22.7 Å². The zero-order chi connectivity index (χ0) is 58.5. The Bertz CT molecular complexity index is 2990. The maximum atomic E-state index is 16.0. The van der Waals surface area contributed by atoms with Crippen molar-refractivity contribution in [3.8, 4) is 11.5 Å². The van der Waals surface area contributed by atoms with Crippen molar-refractivity contribution in [2.45, 2.75) is 143 Å². The molecule has 2 aromatic carbocycles. The molecule has 2 saturated heterocycles. The Morgan fingerprint density at radius 3 is 1.30 bits per heavy atom. The topological polar surface area (TPSA) is 370 Å². The van der Waals surface area contributed by atoms with Crippen molar-refractivity contribution in [1.29, 1.82) is 0 Å². The number of halogens is 2. The van der Waals surface area contributed by atoms with Gasteiger partial charge in [-0.3, -0.25) is 27.8 Å². The first-order valence-corrected chi connectivity index (χ1v) is 28.1. The van der Waals surface area contributed by atoms with Gasteiger partial charge in [0.05, 0.1) is 38.1 Å². The van der Waals surface area contributed by atoms with Gasteiger partial charge < -0.3 is 60.3 Å². The number of alkyl halides is 2. The minimum Gasteiger partial charge on any atom is -0.462 e. The van der Waals surface area contributed by atoms with Crippen molar-refractivity contribution in [2.75, 3.05) is 49.4 Å². The predicted molar refractivity (Wildman–Crippen MR) is 300 cm³/mol. The lowest BCUT2D eigenvalue weighted by Gasteiger charge is -2.25. The Labute approximate surface area is 472 Å². The second-order valence-corrected chi connectivity index (χ2v) is 22.7. The fraction of sp³-hybridized carbons (Fsp3) is 0.520. The summed E-state index contributed by atoms with van der Waals surface area (Å²) in [6.07, 6.45) is -7.05. The monoisotopic (exact) mass is 1190 g/mol. The summed E-state index contributed by atoms with van der Waals surface area (Å²) in [5.74, 6) is -0.486. The molecule has 2 fully saturated rings. The number of aliphatic hydroxyl groups excluding tert-OH is 2. The zero-order valence-corrected chi connectivity index (χ0v) is 47.1. The van der Waals surface area contributed by atoms with Crippen LogP contribution in [-0.4, -0.2) is 149 Å². The van der Waals surface area contributed by atoms with Gasteiger partial charge in [-0.05, 0) is 79.7 Å². The lowest BCUT2D eigenvalue weighted by molar-refractivity contribution is -0.150. The third-order valence-electron chi connectivity index (χ3n) is 12.2. The van der Waals surface area contributed by atoms with E-state index in [1.807, 2.05) is 0 Å². The minimum absolute atomic E-state index is 0. The number of ether oxygens (including phenoxy) is 4. The smallest absolute Gasteiger partial charge is 0.459 e. The number of benzene rings is 2. The number of hydrogen-bond acceptors (Lipinski definition) is 24. The molecule has 0 saturated carbocycles. The lowest BCUT2D eigenvalue weighted by Crippen LogP contribution is -2.41. The van der Waals surface area contributed by atoms with E-state index in [1.165, 1.54) is 35.6 Å². The largest absolute Gasteiger partial charge is 0.462 e. The van der Waals surface area contributed by atoms with E-state index in [9.17, 15) is 28.9 Å². The number of para-hydroxylation sites is 2. The van der Waals surface area contributed by atoms with E-state index in [1.54, 1.807) is 102 Å². The van der Waals surface area contributed by atoms with Crippen LogP contribution in [0.15, 0.2) is 73.3 Å². The molecule has 8 rings (SSSR count). The Balaban J connectivity index is 0.000000293. The van der Waals surface area contributed by atoms with Gasteiger partial charge in [-0.2, -0.15) is 30.1 Å². The SMILES string of the molecule is C.C.CNc1nc(N)nc2c1ncn2[C@@H]1O[C@H](CO[P@@](=O)(N[C@@H](C)C(=O)OC(C)C)Oc2ccccc2)[C@@H](O)[C@@]1(C)F.CNc1nc(N)nc2c1ncn2[C@@H]1O[C@H](CO[P@@](=O)(N[C@@H](C)C(=O)OC(C)C)Oc2ccccc2)[C@@H](O)[C@@]1(C)F. The van der Waals surface area contributed by atoms with Gasteiger partial charge in [0, 0.05) is 14.1 Å². The van der Waals surface area contributed by atoms with Gasteiger partial charge in [0.1, 0.15) is 48.0 Å². The number of imidazole rings is 2. The first-order chi connectivity index (χ1) is 37.7. The summed E-state index contributed by atoms with van der Waals surface area (Å²) in [5, 5.41) is 32.5. The summed E-state index contributed by atoms with van der Waals surface area (Å²) < 4.78 is 106. The van der Waals surface area contributed by atoms with Crippen molar-refractivity contribution >= 4 is 73.3 Å². The number of carbonyl (C=O) groups is 2. The number of nitrogens with zero attached hydrogens (tertiary/aromatic N) is 8. The molecule has 0 unspecified atom stereocenters. The van der Waals surface area contributed by atoms with Gasteiger partial charge in [-0.1, -0.05) is 51.3 Å². The van der Waals surface area contributed by atoms with E-state index in [-0.39, 0.29) is 49.5 Å². The maximum Gasteiger partial charge on any atom is 0.459 e. The molecule has 32 heteroatoms. The second kappa shape index (κ2) is 27.1. The number of nitrogens with one attached hydrogen (secondary N) is 4. The van der Waals surface area contributed by atoms with Crippen LogP contribution < -0.4 is 41.3 Å². The predicted octanol–water partition coefficient (Wildman–Crippen LogP) is 6.41. The average molecular weight is 1200 g/mol. The van der Waals surface area contributed by atoms with Crippen LogP contribution in [-0.2, 0) is 46.7 Å². The molecule has 0 aliphatic carbocycles. The van der Waals surface area contributed by atoms with Crippen molar-refractivity contribution in [2.24, 2.45) is 0 Å². The van der Waals surface area contributed by atoms with E-state index in [0.717, 1.165) is 13.8 Å². The molecule has 0 amide bonds. The number of aliphatic hydroxyl groups is 2. The van der Waals surface area contributed by atoms with Crippen LogP contribution in [0.25, 0.3) is 22.3 Å². The average Bonchev–Trinajstić information content (AvgIpc) is 3.91. The van der Waals surface area contributed by atoms with Crippen LogP contribution in [0.1, 0.15) is 82.7 Å². The highest BCUT2D eigenvalue weighted by atomic mass is 31.2. The second-order valence-electron chi connectivity index (χ2n) is 19.3. The Morgan fingerprint density at radius 2 is 0.988 bits per heavy atom. The summed E-state index contributed by atoms with van der Waals surface area (Å²) in [6, 6.07) is 14.1. The number of fused-ring (bicyclic) bond motifs is 2. The van der Waals surface area contributed by atoms with Crippen molar-refractivity contribution in [3.05, 3.63) is 73.3 Å². The van der Waals surface area contributed by atoms with Crippen molar-refractivity contribution < 1.29 is 74.8 Å². The third kappa shape index (κ3) is 15.1. The fourth-order valence-corrected chi connectivity index (χ4v) is 11.3. The summed E-state index contributed by atoms with van der Waals surface area (Å²) in [6.45, 7) is 10.7. The first kappa shape index (κ1) is 66.1. The molecule has 2 aliphatic rings. The summed E-state index contributed by atoms with van der Waals surface area (Å²) in [4.78, 5) is 49.6. The van der Waals surface area contributed by atoms with E-state index < -0.39 is 113 Å². The first-order valence-electron chi connectivity index (χ1n) is 25.0. The number of hydrogen-bond donors (Lipinski definition) is 8. The highest BCUT2D eigenvalue weighted by Crippen LogP contribution is 2.50. The number of aromatic nitrogens is 8. The van der Waals surface area contributed by atoms with Crippen LogP contribution in [0.3, 0.4) is 0 Å². The highest BCUT2D eigenvalue weighted by Gasteiger charge is 2.57. The quantitative estimate of drug-likeness (QED) is 0.0269. The maximum absolute atomic E-state index is 16.0. The van der Waals surface area contributed by atoms with Crippen LogP contribution in [0, 0.1) is 0 Å². The van der Waals surface area contributed by atoms with Gasteiger partial charge in [0.15, 0.2) is 57.8 Å². The number of carbonyl (C=O) groups excluding carboxylic acids is 2. The Morgan fingerprint density at radius 1 is 0.646 bits per heavy atom. The zero-order valence-electron chi connectivity index (χ0n) is 45.3. The van der Waals surface area contributed by atoms with E-state index >= 15 is 8.78 Å². The molecule has 2 aliphatic heterocycles. The van der Waals surface area contributed by atoms with Crippen LogP contribution >= 0.6 is 15.5 Å². The molecule has 6 heterocycles. The van der Waals surface area contributed by atoms with Crippen molar-refractivity contribution in [1.82, 2.24) is 49.2 Å². The van der Waals surface area contributed by atoms with Gasteiger partial charge in [0.25, 0.3) is 0 Å². The number of esters is 2. The lowest BCUT2D eigenvalue weighted by atomic mass is 9.98. The summed E-state index contributed by atoms with van der Waals surface area (Å²) in [7, 11) is -5.32. The standard InChI is InChI=1S/2C24H33FN7O7P.2CH4/c2*1-13(2)37-21(34)14(3)31-40(35,39-15-9-7-6-8-10-15)36-11-16-18(33)24(4,25)22(38-16)32-12-28-17-19(27-5)29-23(26)30-20(17)32;;/h2*6-10,12-14,16,18,22,33H,11H2,1-5H3,(H,31,35)(H3,26,27,29,30);2*1H4/t2*14-,16+,18+,22+,24+,40-;;/m00../s1. The number of rotatable bonds is 22. The molecule has 82 heavy (non-hydrogen) atoms. The van der Waals surface area contributed by atoms with Crippen LogP contribution in [0.4, 0.5) is 32.3 Å². The van der Waals surface area contributed by atoms with Gasteiger partial charge in [-0.15, -0.1) is 0 Å². The molecular formula is C50H74F2N14O14P2. The Kier molecular flexibility index (Phi) is 21.9. The molecule has 0 bridgehead atoms. The molecule has 6 aromatic rings. The van der Waals surface area contributed by atoms with Gasteiger partial charge in [-0.25, -0.2) is 27.9 Å². The fourth-order valence-electron chi connectivity index (χ4n) is 8.27.